The van der Waals surface area contributed by atoms with Crippen LogP contribution in [0.1, 0.15) is 39.5 Å². The number of aliphatic carboxylic acids is 1. The van der Waals surface area contributed by atoms with Crippen molar-refractivity contribution in [3.63, 3.8) is 0 Å². The number of amides is 1. The fraction of sp³-hybridized carbons (Fsp3) is 0.833. The Morgan fingerprint density at radius 2 is 2.06 bits per heavy atom. The van der Waals surface area contributed by atoms with Crippen LogP contribution in [0.25, 0.3) is 0 Å². The number of carboxylic acid groups (broad SMARTS) is 1. The third-order valence-electron chi connectivity index (χ3n) is 3.10. The van der Waals surface area contributed by atoms with Crippen molar-refractivity contribution in [2.45, 2.75) is 39.5 Å². The number of hydrogen-bond acceptors (Lipinski definition) is 3. The number of nitrogens with one attached hydrogen (secondary N) is 1. The van der Waals surface area contributed by atoms with Crippen LogP contribution in [-0.2, 0) is 9.53 Å². The monoisotopic (exact) mass is 243 g/mol. The summed E-state index contributed by atoms with van der Waals surface area (Å²) < 4.78 is 4.97. The fourth-order valence-electron chi connectivity index (χ4n) is 1.97. The van der Waals surface area contributed by atoms with Gasteiger partial charge in [0.25, 0.3) is 0 Å². The number of ether oxygens (including phenoxy) is 1. The van der Waals surface area contributed by atoms with Crippen LogP contribution in [0.5, 0.6) is 0 Å². The Morgan fingerprint density at radius 1 is 1.41 bits per heavy atom. The molecular weight excluding hydrogens is 222 g/mol. The number of carbonyl (C=O) groups is 2. The Hall–Kier alpha value is -1.26. The maximum absolute atomic E-state index is 11.3. The van der Waals surface area contributed by atoms with Crippen molar-refractivity contribution in [2.24, 2.45) is 11.3 Å². The van der Waals surface area contributed by atoms with Crippen molar-refractivity contribution >= 4 is 12.1 Å². The molecule has 0 unspecified atom stereocenters. The molecule has 0 spiro atoms. The van der Waals surface area contributed by atoms with E-state index in [2.05, 4.69) is 5.32 Å². The minimum Gasteiger partial charge on any atom is -0.481 e. The third-order valence-corrected chi connectivity index (χ3v) is 3.10. The molecule has 5 nitrogen and oxygen atoms in total. The molecule has 0 aromatic rings. The van der Waals surface area contributed by atoms with Crippen LogP contribution in [0.4, 0.5) is 4.79 Å². The Kier molecular flexibility index (Phi) is 4.78. The highest BCUT2D eigenvalue weighted by atomic mass is 16.5. The first kappa shape index (κ1) is 13.8. The van der Waals surface area contributed by atoms with Gasteiger partial charge in [-0.1, -0.05) is 20.3 Å². The molecule has 2 N–H and O–H groups in total. The largest absolute Gasteiger partial charge is 0.481 e. The predicted molar refractivity (Wildman–Crippen MR) is 62.7 cm³/mol. The SMILES string of the molecule is CC(C)COC(=O)NCC1(CC(=O)O)CCC1. The molecule has 0 aliphatic heterocycles. The van der Waals surface area contributed by atoms with Crippen LogP contribution >= 0.6 is 0 Å². The normalized spacial score (nSPS) is 17.4. The van der Waals surface area contributed by atoms with Crippen LogP contribution < -0.4 is 5.32 Å². The van der Waals surface area contributed by atoms with Crippen LogP contribution in [0.15, 0.2) is 0 Å². The van der Waals surface area contributed by atoms with E-state index in [1.54, 1.807) is 0 Å². The van der Waals surface area contributed by atoms with Gasteiger partial charge in [-0.05, 0) is 24.2 Å². The zero-order valence-electron chi connectivity index (χ0n) is 10.5. The van der Waals surface area contributed by atoms with Gasteiger partial charge in [0.05, 0.1) is 13.0 Å². The molecule has 0 radical (unpaired) electrons. The molecule has 98 valence electrons. The van der Waals surface area contributed by atoms with Gasteiger partial charge in [0.1, 0.15) is 0 Å². The highest BCUT2D eigenvalue weighted by Gasteiger charge is 2.39. The van der Waals surface area contributed by atoms with Crippen molar-refractivity contribution in [3.05, 3.63) is 0 Å². The van der Waals surface area contributed by atoms with Gasteiger partial charge in [-0.15, -0.1) is 0 Å². The maximum atomic E-state index is 11.3. The van der Waals surface area contributed by atoms with E-state index in [9.17, 15) is 9.59 Å². The summed E-state index contributed by atoms with van der Waals surface area (Å²) >= 11 is 0. The molecule has 17 heavy (non-hydrogen) atoms. The van der Waals surface area contributed by atoms with Gasteiger partial charge in [-0.2, -0.15) is 0 Å². The standard InChI is InChI=1S/C12H21NO4/c1-9(2)7-17-11(16)13-8-12(4-3-5-12)6-10(14)15/h9H,3-8H2,1-2H3,(H,13,16)(H,14,15). The van der Waals surface area contributed by atoms with Crippen molar-refractivity contribution in [1.82, 2.24) is 5.32 Å². The molecule has 5 heteroatoms. The minimum atomic E-state index is -0.804. The van der Waals surface area contributed by atoms with Crippen molar-refractivity contribution in [3.8, 4) is 0 Å². The second-order valence-electron chi connectivity index (χ2n) is 5.27. The summed E-state index contributed by atoms with van der Waals surface area (Å²) in [6.07, 6.45) is 2.44. The molecular formula is C12H21NO4. The molecule has 1 saturated carbocycles. The lowest BCUT2D eigenvalue weighted by atomic mass is 9.66. The van der Waals surface area contributed by atoms with Gasteiger partial charge in [0, 0.05) is 6.54 Å². The van der Waals surface area contributed by atoms with Gasteiger partial charge < -0.3 is 15.2 Å². The van der Waals surface area contributed by atoms with Crippen LogP contribution in [-0.4, -0.2) is 30.3 Å². The second kappa shape index (κ2) is 5.89. The molecule has 0 atom stereocenters. The molecule has 1 rings (SSSR count). The molecule has 0 bridgehead atoms. The summed E-state index contributed by atoms with van der Waals surface area (Å²) in [5.41, 5.74) is -0.247. The van der Waals surface area contributed by atoms with Crippen molar-refractivity contribution < 1.29 is 19.4 Å². The highest BCUT2D eigenvalue weighted by molar-refractivity contribution is 5.69. The molecule has 1 aliphatic carbocycles. The lowest BCUT2D eigenvalue weighted by molar-refractivity contribution is -0.141. The summed E-state index contributed by atoms with van der Waals surface area (Å²) in [7, 11) is 0. The molecule has 0 aromatic carbocycles. The van der Waals surface area contributed by atoms with Crippen molar-refractivity contribution in [1.29, 1.82) is 0 Å². The van der Waals surface area contributed by atoms with Crippen LogP contribution in [0.3, 0.4) is 0 Å². The summed E-state index contributed by atoms with van der Waals surface area (Å²) in [6, 6.07) is 0. The second-order valence-corrected chi connectivity index (χ2v) is 5.27. The average Bonchev–Trinajstić information content (AvgIpc) is 2.18. The minimum absolute atomic E-state index is 0.122. The van der Waals surface area contributed by atoms with E-state index in [4.69, 9.17) is 9.84 Å². The quantitative estimate of drug-likeness (QED) is 0.748. The topological polar surface area (TPSA) is 75.6 Å². The van der Waals surface area contributed by atoms with Crippen LogP contribution in [0.2, 0.25) is 0 Å². The summed E-state index contributed by atoms with van der Waals surface area (Å²) in [5, 5.41) is 11.5. The van der Waals surface area contributed by atoms with E-state index in [1.165, 1.54) is 0 Å². The fourth-order valence-corrected chi connectivity index (χ4v) is 1.97. The van der Waals surface area contributed by atoms with E-state index in [0.717, 1.165) is 19.3 Å². The molecule has 1 amide bonds. The number of alkyl carbamates (subject to hydrolysis) is 1. The Morgan fingerprint density at radius 3 is 2.47 bits per heavy atom. The molecule has 0 aromatic heterocycles. The number of rotatable bonds is 6. The van der Waals surface area contributed by atoms with Gasteiger partial charge in [0.15, 0.2) is 0 Å². The van der Waals surface area contributed by atoms with Gasteiger partial charge in [-0.25, -0.2) is 4.79 Å². The van der Waals surface area contributed by atoms with Crippen LogP contribution in [0, 0.1) is 11.3 Å². The van der Waals surface area contributed by atoms with Gasteiger partial charge in [-0.3, -0.25) is 4.79 Å². The third kappa shape index (κ3) is 4.63. The van der Waals surface area contributed by atoms with E-state index in [-0.39, 0.29) is 11.8 Å². The molecule has 0 heterocycles. The van der Waals surface area contributed by atoms with E-state index in [1.807, 2.05) is 13.8 Å². The first-order chi connectivity index (χ1) is 7.93. The molecule has 1 fully saturated rings. The predicted octanol–water partition coefficient (Wildman–Crippen LogP) is 2.01. The van der Waals surface area contributed by atoms with E-state index < -0.39 is 12.1 Å². The van der Waals surface area contributed by atoms with E-state index in [0.29, 0.717) is 19.1 Å². The smallest absolute Gasteiger partial charge is 0.407 e. The highest BCUT2D eigenvalue weighted by Crippen LogP contribution is 2.43. The lowest BCUT2D eigenvalue weighted by Crippen LogP contribution is -2.43. The van der Waals surface area contributed by atoms with Gasteiger partial charge >= 0.3 is 12.1 Å². The molecule has 1 aliphatic rings. The Balaban J connectivity index is 2.28. The van der Waals surface area contributed by atoms with Crippen molar-refractivity contribution in [2.75, 3.05) is 13.2 Å². The Labute approximate surface area is 102 Å². The number of hydrogen-bond donors (Lipinski definition) is 2. The first-order valence-electron chi connectivity index (χ1n) is 6.06. The van der Waals surface area contributed by atoms with E-state index >= 15 is 0 Å². The average molecular weight is 243 g/mol. The van der Waals surface area contributed by atoms with Gasteiger partial charge in [0.2, 0.25) is 0 Å². The summed E-state index contributed by atoms with van der Waals surface area (Å²) in [5.74, 6) is -0.500. The lowest BCUT2D eigenvalue weighted by Gasteiger charge is -2.40. The zero-order chi connectivity index (χ0) is 12.9. The number of carbonyl (C=O) groups excluding carboxylic acids is 1. The summed E-state index contributed by atoms with van der Waals surface area (Å²) in [4.78, 5) is 22.1. The molecule has 0 saturated heterocycles. The zero-order valence-corrected chi connectivity index (χ0v) is 10.5. The number of carboxylic acids is 1. The maximum Gasteiger partial charge on any atom is 0.407 e. The first-order valence-corrected chi connectivity index (χ1v) is 6.06. The summed E-state index contributed by atoms with van der Waals surface area (Å²) in [6.45, 7) is 4.71. The Bertz CT molecular complexity index is 284.